The number of nitrogens with one attached hydrogen (secondary N) is 1. The highest BCUT2D eigenvalue weighted by Crippen LogP contribution is 2.30. The van der Waals surface area contributed by atoms with E-state index in [1.165, 1.54) is 12.8 Å². The number of anilines is 1. The van der Waals surface area contributed by atoms with Gasteiger partial charge in [-0.1, -0.05) is 11.2 Å². The second kappa shape index (κ2) is 3.96. The SMILES string of the molecule is c1ccc(-c2noc3c2CCCCN3)nc1. The first-order valence-electron chi connectivity index (χ1n) is 5.59. The van der Waals surface area contributed by atoms with Crippen molar-refractivity contribution in [1.29, 1.82) is 0 Å². The molecule has 0 aromatic carbocycles. The Hall–Kier alpha value is -1.84. The van der Waals surface area contributed by atoms with Crippen LogP contribution in [0, 0.1) is 0 Å². The summed E-state index contributed by atoms with van der Waals surface area (Å²) in [5.41, 5.74) is 2.93. The van der Waals surface area contributed by atoms with E-state index in [4.69, 9.17) is 4.52 Å². The molecule has 0 saturated heterocycles. The van der Waals surface area contributed by atoms with Gasteiger partial charge in [0.15, 0.2) is 0 Å². The zero-order chi connectivity index (χ0) is 10.8. The van der Waals surface area contributed by atoms with Gasteiger partial charge >= 0.3 is 0 Å². The molecule has 16 heavy (non-hydrogen) atoms. The molecule has 4 heteroatoms. The number of hydrogen-bond acceptors (Lipinski definition) is 4. The van der Waals surface area contributed by atoms with Crippen LogP contribution < -0.4 is 5.32 Å². The minimum atomic E-state index is 0.818. The van der Waals surface area contributed by atoms with Crippen molar-refractivity contribution in [3.8, 4) is 11.4 Å². The van der Waals surface area contributed by atoms with Crippen LogP contribution in [0.15, 0.2) is 28.9 Å². The standard InChI is InChI=1S/C12H13N3O/c1-3-8-14-12-9(5-1)11(15-16-12)10-6-2-4-7-13-10/h2,4,6-7,14H,1,3,5,8H2. The second-order valence-corrected chi connectivity index (χ2v) is 3.94. The molecule has 0 fully saturated rings. The molecular formula is C12H13N3O. The second-order valence-electron chi connectivity index (χ2n) is 3.94. The van der Waals surface area contributed by atoms with Crippen molar-refractivity contribution in [1.82, 2.24) is 10.1 Å². The number of hydrogen-bond donors (Lipinski definition) is 1. The predicted molar refractivity (Wildman–Crippen MR) is 61.2 cm³/mol. The van der Waals surface area contributed by atoms with Crippen molar-refractivity contribution in [3.63, 3.8) is 0 Å². The van der Waals surface area contributed by atoms with Gasteiger partial charge in [0.25, 0.3) is 0 Å². The van der Waals surface area contributed by atoms with Crippen LogP contribution in [0.3, 0.4) is 0 Å². The summed E-state index contributed by atoms with van der Waals surface area (Å²) < 4.78 is 5.32. The van der Waals surface area contributed by atoms with Gasteiger partial charge in [0.05, 0.1) is 5.69 Å². The van der Waals surface area contributed by atoms with Crippen LogP contribution in [0.4, 0.5) is 5.88 Å². The fraction of sp³-hybridized carbons (Fsp3) is 0.333. The van der Waals surface area contributed by atoms with Crippen LogP contribution in [-0.4, -0.2) is 16.7 Å². The molecule has 1 aliphatic rings. The van der Waals surface area contributed by atoms with E-state index in [-0.39, 0.29) is 0 Å². The minimum Gasteiger partial charge on any atom is -0.354 e. The fourth-order valence-corrected chi connectivity index (χ4v) is 2.01. The summed E-state index contributed by atoms with van der Waals surface area (Å²) in [4.78, 5) is 4.31. The van der Waals surface area contributed by atoms with Crippen molar-refractivity contribution in [2.45, 2.75) is 19.3 Å². The Bertz CT molecular complexity index is 478. The first-order chi connectivity index (χ1) is 7.95. The van der Waals surface area contributed by atoms with Gasteiger partial charge in [0.1, 0.15) is 5.69 Å². The number of rotatable bonds is 1. The van der Waals surface area contributed by atoms with E-state index < -0.39 is 0 Å². The molecular weight excluding hydrogens is 202 g/mol. The smallest absolute Gasteiger partial charge is 0.228 e. The average Bonchev–Trinajstić information content (AvgIpc) is 2.60. The van der Waals surface area contributed by atoms with Gasteiger partial charge in [-0.15, -0.1) is 0 Å². The summed E-state index contributed by atoms with van der Waals surface area (Å²) in [6, 6.07) is 5.83. The third-order valence-electron chi connectivity index (χ3n) is 2.83. The number of aromatic nitrogens is 2. The molecule has 4 nitrogen and oxygen atoms in total. The first-order valence-corrected chi connectivity index (χ1v) is 5.59. The lowest BCUT2D eigenvalue weighted by Crippen LogP contribution is -1.97. The summed E-state index contributed by atoms with van der Waals surface area (Å²) in [5, 5.41) is 7.37. The Morgan fingerprint density at radius 2 is 2.25 bits per heavy atom. The molecule has 0 bridgehead atoms. The zero-order valence-electron chi connectivity index (χ0n) is 8.94. The molecule has 2 aromatic heterocycles. The van der Waals surface area contributed by atoms with Crippen LogP contribution in [0.2, 0.25) is 0 Å². The lowest BCUT2D eigenvalue weighted by atomic mass is 10.1. The van der Waals surface area contributed by atoms with Crippen LogP contribution >= 0.6 is 0 Å². The molecule has 2 aromatic rings. The summed E-state index contributed by atoms with van der Waals surface area (Å²) >= 11 is 0. The maximum Gasteiger partial charge on any atom is 0.228 e. The van der Waals surface area contributed by atoms with E-state index in [1.54, 1.807) is 6.20 Å². The lowest BCUT2D eigenvalue weighted by molar-refractivity contribution is 0.434. The van der Waals surface area contributed by atoms with Crippen LogP contribution in [0.25, 0.3) is 11.4 Å². The normalized spacial score (nSPS) is 15.0. The van der Waals surface area contributed by atoms with Crippen LogP contribution in [-0.2, 0) is 6.42 Å². The lowest BCUT2D eigenvalue weighted by Gasteiger charge is -1.98. The molecule has 0 radical (unpaired) electrons. The van der Waals surface area contributed by atoms with Gasteiger partial charge in [-0.25, -0.2) is 0 Å². The molecule has 82 valence electrons. The molecule has 0 spiro atoms. The van der Waals surface area contributed by atoms with Crippen molar-refractivity contribution in [2.24, 2.45) is 0 Å². The largest absolute Gasteiger partial charge is 0.354 e. The molecule has 0 unspecified atom stereocenters. The van der Waals surface area contributed by atoms with Gasteiger partial charge in [-0.3, -0.25) is 4.98 Å². The van der Waals surface area contributed by atoms with Gasteiger partial charge in [-0.05, 0) is 31.4 Å². The summed E-state index contributed by atoms with van der Waals surface area (Å²) in [7, 11) is 0. The van der Waals surface area contributed by atoms with Gasteiger partial charge in [-0.2, -0.15) is 0 Å². The molecule has 3 heterocycles. The topological polar surface area (TPSA) is 51.0 Å². The van der Waals surface area contributed by atoms with Crippen molar-refractivity contribution in [2.75, 3.05) is 11.9 Å². The quantitative estimate of drug-likeness (QED) is 0.794. The van der Waals surface area contributed by atoms with Crippen molar-refractivity contribution >= 4 is 5.88 Å². The Morgan fingerprint density at radius 3 is 3.12 bits per heavy atom. The molecule has 0 amide bonds. The predicted octanol–water partition coefficient (Wildman–Crippen LogP) is 2.48. The summed E-state index contributed by atoms with van der Waals surface area (Å²) in [6.07, 6.45) is 5.13. The number of fused-ring (bicyclic) bond motifs is 1. The van der Waals surface area contributed by atoms with E-state index in [2.05, 4.69) is 15.5 Å². The third-order valence-corrected chi connectivity index (χ3v) is 2.83. The van der Waals surface area contributed by atoms with E-state index in [1.807, 2.05) is 18.2 Å². The highest BCUT2D eigenvalue weighted by atomic mass is 16.5. The van der Waals surface area contributed by atoms with Gasteiger partial charge < -0.3 is 9.84 Å². The van der Waals surface area contributed by atoms with Gasteiger partial charge in [0.2, 0.25) is 5.88 Å². The van der Waals surface area contributed by atoms with E-state index in [0.717, 1.165) is 35.8 Å². The van der Waals surface area contributed by atoms with Crippen molar-refractivity contribution in [3.05, 3.63) is 30.0 Å². The maximum atomic E-state index is 5.32. The molecule has 1 N–H and O–H groups in total. The Labute approximate surface area is 93.7 Å². The fourth-order valence-electron chi connectivity index (χ4n) is 2.01. The van der Waals surface area contributed by atoms with E-state index in [9.17, 15) is 0 Å². The Morgan fingerprint density at radius 1 is 1.25 bits per heavy atom. The molecule has 3 rings (SSSR count). The highest BCUT2D eigenvalue weighted by Gasteiger charge is 2.19. The van der Waals surface area contributed by atoms with Crippen molar-refractivity contribution < 1.29 is 4.52 Å². The Kier molecular flexibility index (Phi) is 2.33. The summed E-state index contributed by atoms with van der Waals surface area (Å²) in [6.45, 7) is 0.962. The van der Waals surface area contributed by atoms with E-state index in [0.29, 0.717) is 0 Å². The minimum absolute atomic E-state index is 0.818. The third kappa shape index (κ3) is 1.56. The van der Waals surface area contributed by atoms with E-state index >= 15 is 0 Å². The monoisotopic (exact) mass is 215 g/mol. The average molecular weight is 215 g/mol. The highest BCUT2D eigenvalue weighted by molar-refractivity contribution is 5.64. The van der Waals surface area contributed by atoms with Crippen LogP contribution in [0.5, 0.6) is 0 Å². The Balaban J connectivity index is 2.06. The molecule has 1 aliphatic heterocycles. The zero-order valence-corrected chi connectivity index (χ0v) is 8.94. The molecule has 0 aliphatic carbocycles. The number of pyridine rings is 1. The molecule has 0 saturated carbocycles. The summed E-state index contributed by atoms with van der Waals surface area (Å²) in [5.74, 6) is 0.818. The maximum absolute atomic E-state index is 5.32. The molecule has 0 atom stereocenters. The first kappa shape index (κ1) is 9.39. The van der Waals surface area contributed by atoms with Crippen LogP contribution in [0.1, 0.15) is 18.4 Å². The van der Waals surface area contributed by atoms with Gasteiger partial charge in [0, 0.05) is 18.3 Å². The number of nitrogens with zero attached hydrogens (tertiary/aromatic N) is 2.